The highest BCUT2D eigenvalue weighted by Crippen LogP contribution is 2.17. The van der Waals surface area contributed by atoms with Crippen LogP contribution in [0.15, 0.2) is 24.3 Å². The first-order valence-corrected chi connectivity index (χ1v) is 6.63. The summed E-state index contributed by atoms with van der Waals surface area (Å²) in [6, 6.07) is 7.76. The van der Waals surface area contributed by atoms with E-state index in [1.807, 2.05) is 24.3 Å². The van der Waals surface area contributed by atoms with Crippen molar-refractivity contribution >= 4 is 0 Å². The lowest BCUT2D eigenvalue weighted by Crippen LogP contribution is -2.04. The SMILES string of the molecule is CN.CN.CN.NCc1ccccc1OCCCCO. The molecule has 0 atom stereocenters. The van der Waals surface area contributed by atoms with Crippen molar-refractivity contribution < 1.29 is 9.84 Å². The summed E-state index contributed by atoms with van der Waals surface area (Å²) in [4.78, 5) is 0. The van der Waals surface area contributed by atoms with Crippen LogP contribution in [0.4, 0.5) is 0 Å². The molecule has 0 aromatic heterocycles. The monoisotopic (exact) mass is 288 g/mol. The maximum atomic E-state index is 8.59. The number of rotatable bonds is 6. The Morgan fingerprint density at radius 3 is 2.00 bits per heavy atom. The zero-order valence-corrected chi connectivity index (χ0v) is 13.0. The molecule has 6 nitrogen and oxygen atoms in total. The normalized spacial score (nSPS) is 8.00. The molecule has 9 N–H and O–H groups in total. The molecule has 0 spiro atoms. The van der Waals surface area contributed by atoms with Gasteiger partial charge in [0.1, 0.15) is 5.75 Å². The number of para-hydroxylation sites is 1. The summed E-state index contributed by atoms with van der Waals surface area (Å²) in [7, 11) is 4.50. The molecule has 0 bridgehead atoms. The van der Waals surface area contributed by atoms with Crippen molar-refractivity contribution in [2.24, 2.45) is 22.9 Å². The minimum absolute atomic E-state index is 0.224. The van der Waals surface area contributed by atoms with Crippen molar-refractivity contribution in [3.63, 3.8) is 0 Å². The number of nitrogens with two attached hydrogens (primary N) is 4. The number of unbranched alkanes of at least 4 members (excludes halogenated alkanes) is 1. The summed E-state index contributed by atoms with van der Waals surface area (Å²) in [5.41, 5.74) is 20.1. The molecule has 0 saturated carbocycles. The molecular weight excluding hydrogens is 256 g/mol. The maximum Gasteiger partial charge on any atom is 0.123 e. The molecule has 20 heavy (non-hydrogen) atoms. The Morgan fingerprint density at radius 2 is 1.50 bits per heavy atom. The van der Waals surface area contributed by atoms with Gasteiger partial charge in [-0.3, -0.25) is 0 Å². The van der Waals surface area contributed by atoms with Crippen molar-refractivity contribution in [2.75, 3.05) is 34.4 Å². The molecule has 0 aliphatic carbocycles. The van der Waals surface area contributed by atoms with E-state index in [1.54, 1.807) is 0 Å². The van der Waals surface area contributed by atoms with E-state index in [0.29, 0.717) is 13.2 Å². The lowest BCUT2D eigenvalue weighted by molar-refractivity contribution is 0.252. The topological polar surface area (TPSA) is 134 Å². The quantitative estimate of drug-likeness (QED) is 0.469. The van der Waals surface area contributed by atoms with Crippen LogP contribution in [0.3, 0.4) is 0 Å². The predicted molar refractivity (Wildman–Crippen MR) is 86.5 cm³/mol. The van der Waals surface area contributed by atoms with E-state index in [0.717, 1.165) is 24.2 Å². The van der Waals surface area contributed by atoms with E-state index in [9.17, 15) is 0 Å². The summed E-state index contributed by atoms with van der Waals surface area (Å²) in [6.45, 7) is 1.36. The molecule has 0 fully saturated rings. The van der Waals surface area contributed by atoms with Crippen molar-refractivity contribution in [3.8, 4) is 5.75 Å². The zero-order chi connectivity index (χ0) is 16.2. The minimum atomic E-state index is 0.224. The molecule has 0 aliphatic heterocycles. The van der Waals surface area contributed by atoms with E-state index < -0.39 is 0 Å². The minimum Gasteiger partial charge on any atom is -0.493 e. The maximum absolute atomic E-state index is 8.59. The lowest BCUT2D eigenvalue weighted by atomic mass is 10.2. The summed E-state index contributed by atoms with van der Waals surface area (Å²) in [5.74, 6) is 0.855. The number of aliphatic hydroxyl groups is 1. The third kappa shape index (κ3) is 13.3. The van der Waals surface area contributed by atoms with Crippen molar-refractivity contribution in [1.29, 1.82) is 0 Å². The Morgan fingerprint density at radius 1 is 0.950 bits per heavy atom. The Labute approximate surface area is 123 Å². The summed E-state index contributed by atoms with van der Waals surface area (Å²) >= 11 is 0. The third-order valence-corrected chi connectivity index (χ3v) is 2.00. The van der Waals surface area contributed by atoms with Crippen LogP contribution in [-0.2, 0) is 6.54 Å². The Kier molecular flexibility index (Phi) is 27.4. The zero-order valence-electron chi connectivity index (χ0n) is 13.0. The Hall–Kier alpha value is -1.18. The first-order valence-electron chi connectivity index (χ1n) is 6.63. The second kappa shape index (κ2) is 23.0. The molecule has 6 heteroatoms. The van der Waals surface area contributed by atoms with E-state index >= 15 is 0 Å². The van der Waals surface area contributed by atoms with E-state index in [-0.39, 0.29) is 6.61 Å². The number of aliphatic hydroxyl groups excluding tert-OH is 1. The second-order valence-corrected chi connectivity index (χ2v) is 3.09. The van der Waals surface area contributed by atoms with Crippen LogP contribution >= 0.6 is 0 Å². The average molecular weight is 288 g/mol. The standard InChI is InChI=1S/C11H17NO2.3CH5N/c12-9-10-5-1-2-6-11(10)14-8-4-3-7-13;3*1-2/h1-2,5-6,13H,3-4,7-9,12H2;3*2H2,1H3. The number of benzene rings is 1. The van der Waals surface area contributed by atoms with E-state index in [4.69, 9.17) is 15.6 Å². The van der Waals surface area contributed by atoms with Gasteiger partial charge in [-0.15, -0.1) is 0 Å². The van der Waals surface area contributed by atoms with Crippen LogP contribution < -0.4 is 27.7 Å². The van der Waals surface area contributed by atoms with Crippen LogP contribution in [-0.4, -0.2) is 39.5 Å². The fourth-order valence-corrected chi connectivity index (χ4v) is 1.21. The van der Waals surface area contributed by atoms with Crippen molar-refractivity contribution in [1.82, 2.24) is 0 Å². The van der Waals surface area contributed by atoms with Gasteiger partial charge >= 0.3 is 0 Å². The van der Waals surface area contributed by atoms with Crippen LogP contribution in [0, 0.1) is 0 Å². The van der Waals surface area contributed by atoms with Gasteiger partial charge < -0.3 is 32.8 Å². The molecule has 0 amide bonds. The molecule has 1 aromatic carbocycles. The molecule has 0 heterocycles. The van der Waals surface area contributed by atoms with Crippen LogP contribution in [0.25, 0.3) is 0 Å². The van der Waals surface area contributed by atoms with Gasteiger partial charge in [0.05, 0.1) is 6.61 Å². The first-order chi connectivity index (χ1) is 9.88. The van der Waals surface area contributed by atoms with Gasteiger partial charge in [0.2, 0.25) is 0 Å². The van der Waals surface area contributed by atoms with Gasteiger partial charge in [0.15, 0.2) is 0 Å². The predicted octanol–water partition coefficient (Wildman–Crippen LogP) is 0.0213. The highest BCUT2D eigenvalue weighted by atomic mass is 16.5. The third-order valence-electron chi connectivity index (χ3n) is 2.00. The fraction of sp³-hybridized carbons (Fsp3) is 0.571. The van der Waals surface area contributed by atoms with Crippen LogP contribution in [0.1, 0.15) is 18.4 Å². The highest BCUT2D eigenvalue weighted by molar-refractivity contribution is 5.32. The van der Waals surface area contributed by atoms with Gasteiger partial charge in [-0.2, -0.15) is 0 Å². The largest absolute Gasteiger partial charge is 0.493 e. The summed E-state index contributed by atoms with van der Waals surface area (Å²) in [6.07, 6.45) is 1.65. The van der Waals surface area contributed by atoms with E-state index in [1.165, 1.54) is 21.1 Å². The van der Waals surface area contributed by atoms with Gasteiger partial charge in [-0.05, 0) is 40.1 Å². The number of hydrogen-bond donors (Lipinski definition) is 5. The van der Waals surface area contributed by atoms with Gasteiger partial charge in [0.25, 0.3) is 0 Å². The van der Waals surface area contributed by atoms with E-state index in [2.05, 4.69) is 17.2 Å². The molecule has 0 radical (unpaired) electrons. The highest BCUT2D eigenvalue weighted by Gasteiger charge is 1.99. The Bertz CT molecular complexity index is 273. The van der Waals surface area contributed by atoms with Gasteiger partial charge in [-0.25, -0.2) is 0 Å². The molecule has 0 saturated heterocycles. The molecular formula is C14H32N4O2. The number of hydrogen-bond acceptors (Lipinski definition) is 6. The van der Waals surface area contributed by atoms with Crippen LogP contribution in [0.2, 0.25) is 0 Å². The molecule has 1 rings (SSSR count). The lowest BCUT2D eigenvalue weighted by Gasteiger charge is -2.09. The Balaban J connectivity index is -0.000000425. The summed E-state index contributed by atoms with van der Waals surface area (Å²) < 4.78 is 5.54. The average Bonchev–Trinajstić information content (AvgIpc) is 2.57. The van der Waals surface area contributed by atoms with Crippen LogP contribution in [0.5, 0.6) is 5.75 Å². The van der Waals surface area contributed by atoms with Crippen molar-refractivity contribution in [3.05, 3.63) is 29.8 Å². The fourth-order valence-electron chi connectivity index (χ4n) is 1.21. The molecule has 0 aliphatic rings. The second-order valence-electron chi connectivity index (χ2n) is 3.09. The van der Waals surface area contributed by atoms with Crippen molar-refractivity contribution in [2.45, 2.75) is 19.4 Å². The van der Waals surface area contributed by atoms with Gasteiger partial charge in [0, 0.05) is 18.7 Å². The molecule has 120 valence electrons. The number of ether oxygens (including phenoxy) is 1. The smallest absolute Gasteiger partial charge is 0.123 e. The first kappa shape index (κ1) is 23.9. The van der Waals surface area contributed by atoms with Gasteiger partial charge in [-0.1, -0.05) is 18.2 Å². The molecule has 1 aromatic rings. The molecule has 0 unspecified atom stereocenters. The summed E-state index contributed by atoms with van der Waals surface area (Å²) in [5, 5.41) is 8.59.